The van der Waals surface area contributed by atoms with Gasteiger partial charge in [-0.25, -0.2) is 4.79 Å². The molecule has 5 rings (SSSR count). The number of para-hydroxylation sites is 2. The summed E-state index contributed by atoms with van der Waals surface area (Å²) in [4.78, 5) is 17.1. The van der Waals surface area contributed by atoms with Crippen LogP contribution in [0.25, 0.3) is 11.0 Å². The molecule has 5 nitrogen and oxygen atoms in total. The summed E-state index contributed by atoms with van der Waals surface area (Å²) in [5, 5.41) is 9.99. The lowest BCUT2D eigenvalue weighted by atomic mass is 10.0. The lowest BCUT2D eigenvalue weighted by Gasteiger charge is -2.39. The van der Waals surface area contributed by atoms with Gasteiger partial charge in [0.05, 0.1) is 36.1 Å². The number of fused-ring (bicyclic) bond motifs is 3. The fourth-order valence-corrected chi connectivity index (χ4v) is 3.84. The van der Waals surface area contributed by atoms with Gasteiger partial charge >= 0.3 is 5.63 Å². The van der Waals surface area contributed by atoms with Gasteiger partial charge in [0.25, 0.3) is 0 Å². The lowest BCUT2D eigenvalue weighted by molar-refractivity contribution is 0.543. The minimum atomic E-state index is -0.321. The van der Waals surface area contributed by atoms with Gasteiger partial charge in [-0.05, 0) is 48.5 Å². The maximum absolute atomic E-state index is 12.9. The summed E-state index contributed by atoms with van der Waals surface area (Å²) < 4.78 is 5.61. The number of rotatable bonds is 2. The zero-order chi connectivity index (χ0) is 19.8. The van der Waals surface area contributed by atoms with E-state index in [1.807, 2.05) is 66.7 Å². The van der Waals surface area contributed by atoms with E-state index in [2.05, 4.69) is 15.9 Å². The molecular formula is C24H17N3O2. The minimum absolute atomic E-state index is 0.321. The Morgan fingerprint density at radius 1 is 0.862 bits per heavy atom. The molecule has 0 atom stereocenters. The van der Waals surface area contributed by atoms with E-state index in [1.165, 1.54) is 0 Å². The molecule has 140 valence electrons. The summed E-state index contributed by atoms with van der Waals surface area (Å²) in [7, 11) is 0. The molecule has 0 saturated heterocycles. The number of nitrogens with zero attached hydrogens (tertiary/aromatic N) is 3. The number of hydrogen-bond donors (Lipinski definition) is 0. The molecule has 5 heteroatoms. The molecule has 0 amide bonds. The summed E-state index contributed by atoms with van der Waals surface area (Å²) in [5.74, 6) is 0. The van der Waals surface area contributed by atoms with Gasteiger partial charge in [0.15, 0.2) is 0 Å². The summed E-state index contributed by atoms with van der Waals surface area (Å²) in [5.41, 5.74) is 4.35. The average Bonchev–Trinajstić information content (AvgIpc) is 2.79. The first-order chi connectivity index (χ1) is 14.2. The third-order valence-corrected chi connectivity index (χ3v) is 5.24. The Balaban J connectivity index is 1.71. The van der Waals surface area contributed by atoms with Gasteiger partial charge in [-0.3, -0.25) is 0 Å². The highest BCUT2D eigenvalue weighted by atomic mass is 16.4. The fourth-order valence-electron chi connectivity index (χ4n) is 3.84. The van der Waals surface area contributed by atoms with Crippen molar-refractivity contribution in [3.63, 3.8) is 0 Å². The lowest BCUT2D eigenvalue weighted by Crippen LogP contribution is -2.42. The van der Waals surface area contributed by atoms with Crippen molar-refractivity contribution in [2.75, 3.05) is 16.5 Å². The molecule has 0 aliphatic carbocycles. The fraction of sp³-hybridized carbons (Fsp3) is 0.0833. The Labute approximate surface area is 167 Å². The van der Waals surface area contributed by atoms with Gasteiger partial charge in [0.2, 0.25) is 0 Å². The molecule has 29 heavy (non-hydrogen) atoms. The maximum atomic E-state index is 12.9. The average molecular weight is 379 g/mol. The highest BCUT2D eigenvalue weighted by molar-refractivity contribution is 5.95. The van der Waals surface area contributed by atoms with Crippen LogP contribution in [0.2, 0.25) is 0 Å². The Morgan fingerprint density at radius 3 is 2.34 bits per heavy atom. The second kappa shape index (κ2) is 6.84. The summed E-state index contributed by atoms with van der Waals surface area (Å²) in [6.07, 6.45) is 0. The summed E-state index contributed by atoms with van der Waals surface area (Å²) in [6.45, 7) is 1.02. The molecule has 0 N–H and O–H groups in total. The van der Waals surface area contributed by atoms with Crippen LogP contribution in [0.5, 0.6) is 0 Å². The van der Waals surface area contributed by atoms with Gasteiger partial charge < -0.3 is 14.2 Å². The molecule has 0 bridgehead atoms. The number of anilines is 3. The van der Waals surface area contributed by atoms with Crippen LogP contribution in [0.3, 0.4) is 0 Å². The Hall–Kier alpha value is -4.04. The van der Waals surface area contributed by atoms with E-state index in [-0.39, 0.29) is 5.63 Å². The van der Waals surface area contributed by atoms with Crippen LogP contribution < -0.4 is 15.4 Å². The predicted molar refractivity (Wildman–Crippen MR) is 113 cm³/mol. The monoisotopic (exact) mass is 379 g/mol. The van der Waals surface area contributed by atoms with E-state index in [0.717, 1.165) is 22.4 Å². The van der Waals surface area contributed by atoms with Crippen molar-refractivity contribution in [3.05, 3.63) is 100 Å². The van der Waals surface area contributed by atoms with Gasteiger partial charge in [0, 0.05) is 16.8 Å². The maximum Gasteiger partial charge on any atom is 0.343 e. The van der Waals surface area contributed by atoms with Crippen molar-refractivity contribution < 1.29 is 4.42 Å². The second-order valence-corrected chi connectivity index (χ2v) is 6.97. The molecular weight excluding hydrogens is 362 g/mol. The SMILES string of the molecule is N#Cc1ccc(N2Cc3c(c4ccccc4oc3=O)N(c3ccccc3)C2)cc1. The second-order valence-electron chi connectivity index (χ2n) is 6.97. The zero-order valence-electron chi connectivity index (χ0n) is 15.6. The van der Waals surface area contributed by atoms with Crippen LogP contribution in [0.4, 0.5) is 17.1 Å². The quantitative estimate of drug-likeness (QED) is 0.469. The molecule has 1 aromatic heterocycles. The van der Waals surface area contributed by atoms with Crippen LogP contribution in [-0.4, -0.2) is 6.67 Å². The number of benzene rings is 3. The van der Waals surface area contributed by atoms with Crippen LogP contribution in [0.15, 0.2) is 88.1 Å². The highest BCUT2D eigenvalue weighted by Gasteiger charge is 2.29. The van der Waals surface area contributed by atoms with E-state index < -0.39 is 0 Å². The Morgan fingerprint density at radius 2 is 1.59 bits per heavy atom. The molecule has 1 aliphatic rings. The van der Waals surface area contributed by atoms with E-state index in [4.69, 9.17) is 9.68 Å². The molecule has 0 radical (unpaired) electrons. The van der Waals surface area contributed by atoms with Crippen LogP contribution in [-0.2, 0) is 6.54 Å². The zero-order valence-corrected chi connectivity index (χ0v) is 15.6. The highest BCUT2D eigenvalue weighted by Crippen LogP contribution is 2.38. The first kappa shape index (κ1) is 17.1. The third-order valence-electron chi connectivity index (χ3n) is 5.24. The van der Waals surface area contributed by atoms with Crippen LogP contribution in [0.1, 0.15) is 11.1 Å². The van der Waals surface area contributed by atoms with E-state index in [1.54, 1.807) is 12.1 Å². The van der Waals surface area contributed by atoms with Crippen molar-refractivity contribution in [3.8, 4) is 6.07 Å². The molecule has 4 aromatic rings. The molecule has 0 unspecified atom stereocenters. The van der Waals surface area contributed by atoms with Crippen molar-refractivity contribution >= 4 is 28.0 Å². The first-order valence-corrected chi connectivity index (χ1v) is 9.37. The predicted octanol–water partition coefficient (Wildman–Crippen LogP) is 4.78. The van der Waals surface area contributed by atoms with Gasteiger partial charge in [0.1, 0.15) is 5.58 Å². The van der Waals surface area contributed by atoms with Gasteiger partial charge in [-0.2, -0.15) is 5.26 Å². The molecule has 3 aromatic carbocycles. The normalized spacial score (nSPS) is 13.2. The third kappa shape index (κ3) is 2.91. The molecule has 0 saturated carbocycles. The molecule has 2 heterocycles. The Kier molecular flexibility index (Phi) is 4.03. The molecule has 0 spiro atoms. The van der Waals surface area contributed by atoms with Crippen LogP contribution in [0, 0.1) is 11.3 Å². The van der Waals surface area contributed by atoms with Gasteiger partial charge in [-0.1, -0.05) is 30.3 Å². The van der Waals surface area contributed by atoms with Crippen LogP contribution >= 0.6 is 0 Å². The first-order valence-electron chi connectivity index (χ1n) is 9.37. The van der Waals surface area contributed by atoms with E-state index in [0.29, 0.717) is 29.9 Å². The molecule has 1 aliphatic heterocycles. The summed E-state index contributed by atoms with van der Waals surface area (Å²) >= 11 is 0. The number of hydrogen-bond acceptors (Lipinski definition) is 5. The minimum Gasteiger partial charge on any atom is -0.422 e. The number of nitriles is 1. The van der Waals surface area contributed by atoms with Crippen molar-refractivity contribution in [1.29, 1.82) is 5.26 Å². The topological polar surface area (TPSA) is 60.5 Å². The van der Waals surface area contributed by atoms with Gasteiger partial charge in [-0.15, -0.1) is 0 Å². The largest absolute Gasteiger partial charge is 0.422 e. The van der Waals surface area contributed by atoms with Crippen molar-refractivity contribution in [2.45, 2.75) is 6.54 Å². The summed E-state index contributed by atoms with van der Waals surface area (Å²) in [6, 6.07) is 27.2. The molecule has 0 fully saturated rings. The van der Waals surface area contributed by atoms with E-state index >= 15 is 0 Å². The Bertz CT molecular complexity index is 1290. The van der Waals surface area contributed by atoms with Crippen molar-refractivity contribution in [2.24, 2.45) is 0 Å². The smallest absolute Gasteiger partial charge is 0.343 e. The van der Waals surface area contributed by atoms with E-state index in [9.17, 15) is 4.79 Å². The standard InChI is InChI=1S/C24H17N3O2/c25-14-17-10-12-18(13-11-17)26-15-21-23(27(16-26)19-6-2-1-3-7-19)20-8-4-5-9-22(20)29-24(21)28/h1-13H,15-16H2. The van der Waals surface area contributed by atoms with Crippen molar-refractivity contribution in [1.82, 2.24) is 0 Å².